The van der Waals surface area contributed by atoms with Gasteiger partial charge in [0.05, 0.1) is 0 Å². The second-order valence-electron chi connectivity index (χ2n) is 3.28. The summed E-state index contributed by atoms with van der Waals surface area (Å²) in [4.78, 5) is 11.2. The molecule has 0 fully saturated rings. The van der Waals surface area contributed by atoms with E-state index in [1.54, 1.807) is 6.07 Å². The minimum Gasteiger partial charge on any atom is -0.411 e. The van der Waals surface area contributed by atoms with E-state index in [2.05, 4.69) is 15.8 Å². The van der Waals surface area contributed by atoms with Crippen LogP contribution in [-0.2, 0) is 4.79 Å². The largest absolute Gasteiger partial charge is 0.411 e. The molecule has 1 aromatic rings. The average Bonchev–Trinajstić information content (AvgIpc) is 2.32. The van der Waals surface area contributed by atoms with Crippen LogP contribution in [0.2, 0.25) is 0 Å². The van der Waals surface area contributed by atoms with Crippen LogP contribution in [0.3, 0.4) is 0 Å². The molecule has 0 aromatic heterocycles. The predicted molar refractivity (Wildman–Crippen MR) is 68.3 cm³/mol. The maximum absolute atomic E-state index is 11.2. The molecule has 5 nitrogen and oxygen atoms in total. The van der Waals surface area contributed by atoms with Gasteiger partial charge in [-0.2, -0.15) is 0 Å². The topological polar surface area (TPSA) is 73.7 Å². The van der Waals surface area contributed by atoms with Crippen molar-refractivity contribution in [3.05, 3.63) is 35.9 Å². The Morgan fingerprint density at radius 3 is 2.94 bits per heavy atom. The summed E-state index contributed by atoms with van der Waals surface area (Å²) in [7, 11) is 1.86. The molecule has 0 aliphatic carbocycles. The molecule has 5 heteroatoms. The number of amides is 1. The van der Waals surface area contributed by atoms with Gasteiger partial charge < -0.3 is 15.8 Å². The van der Waals surface area contributed by atoms with Crippen molar-refractivity contribution in [3.8, 4) is 0 Å². The van der Waals surface area contributed by atoms with Gasteiger partial charge in [0.15, 0.2) is 0 Å². The lowest BCUT2D eigenvalue weighted by Gasteiger charge is -2.05. The van der Waals surface area contributed by atoms with Crippen LogP contribution in [0.15, 0.2) is 35.5 Å². The first-order valence-corrected chi connectivity index (χ1v) is 5.16. The number of nitrogens with one attached hydrogen (secondary N) is 2. The monoisotopic (exact) mass is 233 g/mol. The summed E-state index contributed by atoms with van der Waals surface area (Å²) >= 11 is 0. The third-order valence-electron chi connectivity index (χ3n) is 2.01. The molecular formula is C12H15N3O2. The van der Waals surface area contributed by atoms with E-state index in [4.69, 9.17) is 5.21 Å². The van der Waals surface area contributed by atoms with Gasteiger partial charge in [0.25, 0.3) is 5.91 Å². The summed E-state index contributed by atoms with van der Waals surface area (Å²) in [5.41, 5.74) is 1.56. The van der Waals surface area contributed by atoms with Crippen molar-refractivity contribution in [1.82, 2.24) is 5.32 Å². The Bertz CT molecular complexity index is 428. The molecule has 3 N–H and O–H groups in total. The second-order valence-corrected chi connectivity index (χ2v) is 3.28. The molecule has 0 atom stereocenters. The van der Waals surface area contributed by atoms with Crippen LogP contribution >= 0.6 is 0 Å². The van der Waals surface area contributed by atoms with Crippen molar-refractivity contribution in [3.63, 3.8) is 0 Å². The molecular weight excluding hydrogens is 218 g/mol. The van der Waals surface area contributed by atoms with E-state index in [9.17, 15) is 4.79 Å². The summed E-state index contributed by atoms with van der Waals surface area (Å²) < 4.78 is 0. The predicted octanol–water partition coefficient (Wildman–Crippen LogP) is 1.32. The van der Waals surface area contributed by atoms with Gasteiger partial charge in [0.2, 0.25) is 0 Å². The fourth-order valence-electron chi connectivity index (χ4n) is 1.28. The Hall–Kier alpha value is -2.14. The molecule has 90 valence electrons. The first-order valence-electron chi connectivity index (χ1n) is 5.16. The van der Waals surface area contributed by atoms with Gasteiger partial charge in [0.1, 0.15) is 6.21 Å². The smallest absolute Gasteiger partial charge is 0.270 e. The number of anilines is 1. The number of hydrogen-bond donors (Lipinski definition) is 3. The quantitative estimate of drug-likeness (QED) is 0.408. The fraction of sp³-hybridized carbons (Fsp3) is 0.167. The first kappa shape index (κ1) is 12.9. The zero-order valence-corrected chi connectivity index (χ0v) is 9.55. The highest BCUT2D eigenvalue weighted by Gasteiger charge is 2.01. The molecule has 0 aliphatic rings. The van der Waals surface area contributed by atoms with Crippen molar-refractivity contribution in [2.24, 2.45) is 5.16 Å². The Morgan fingerprint density at radius 2 is 2.24 bits per heavy atom. The number of likely N-dealkylation sites (N-methyl/N-ethyl adjacent to an activating group) is 1. The highest BCUT2D eigenvalue weighted by Crippen LogP contribution is 2.16. The minimum absolute atomic E-state index is 0.470. The van der Waals surface area contributed by atoms with Crippen LogP contribution in [0.1, 0.15) is 5.56 Å². The zero-order chi connectivity index (χ0) is 12.5. The van der Waals surface area contributed by atoms with E-state index in [-0.39, 0.29) is 0 Å². The number of carbonyl (C=O) groups is 1. The first-order chi connectivity index (χ1) is 8.27. The van der Waals surface area contributed by atoms with Crippen molar-refractivity contribution in [2.45, 2.75) is 0 Å². The van der Waals surface area contributed by atoms with Gasteiger partial charge in [0, 0.05) is 12.2 Å². The standard InChI is InChI=1S/C12H15N3O2/c1-13-8-4-6-10-5-2-3-7-11(10)15-12(16)9-14-17/h2-7,9,13,17H,8H2,1H3,(H,15,16). The summed E-state index contributed by atoms with van der Waals surface area (Å²) in [6, 6.07) is 7.37. The fourth-order valence-corrected chi connectivity index (χ4v) is 1.28. The molecule has 1 amide bonds. The Morgan fingerprint density at radius 1 is 1.47 bits per heavy atom. The van der Waals surface area contributed by atoms with Crippen LogP contribution < -0.4 is 10.6 Å². The van der Waals surface area contributed by atoms with Gasteiger partial charge in [-0.15, -0.1) is 0 Å². The highest BCUT2D eigenvalue weighted by molar-refractivity contribution is 6.31. The number of carbonyl (C=O) groups excluding carboxylic acids is 1. The lowest BCUT2D eigenvalue weighted by Crippen LogP contribution is -2.13. The number of oxime groups is 1. The molecule has 0 saturated carbocycles. The van der Waals surface area contributed by atoms with Crippen LogP contribution in [0, 0.1) is 0 Å². The lowest BCUT2D eigenvalue weighted by molar-refractivity contribution is -0.110. The maximum atomic E-state index is 11.2. The summed E-state index contributed by atoms with van der Waals surface area (Å²) in [5.74, 6) is -0.470. The number of rotatable bonds is 5. The maximum Gasteiger partial charge on any atom is 0.270 e. The van der Waals surface area contributed by atoms with Gasteiger partial charge in [-0.1, -0.05) is 35.5 Å². The Balaban J connectivity index is 2.80. The molecule has 1 aromatic carbocycles. The Kier molecular flexibility index (Phi) is 5.46. The number of para-hydroxylation sites is 1. The SMILES string of the molecule is CNCC=Cc1ccccc1NC(=O)C=NO. The molecule has 0 aliphatic heterocycles. The van der Waals surface area contributed by atoms with E-state index in [1.807, 2.05) is 37.4 Å². The molecule has 0 radical (unpaired) electrons. The van der Waals surface area contributed by atoms with Gasteiger partial charge in [-0.25, -0.2) is 0 Å². The van der Waals surface area contributed by atoms with Crippen molar-refractivity contribution >= 4 is 23.9 Å². The van der Waals surface area contributed by atoms with Crippen molar-refractivity contribution < 1.29 is 10.0 Å². The van der Waals surface area contributed by atoms with E-state index in [0.29, 0.717) is 5.69 Å². The molecule has 0 saturated heterocycles. The average molecular weight is 233 g/mol. The second kappa shape index (κ2) is 7.19. The number of benzene rings is 1. The lowest BCUT2D eigenvalue weighted by atomic mass is 10.1. The van der Waals surface area contributed by atoms with E-state index < -0.39 is 5.91 Å². The van der Waals surface area contributed by atoms with Crippen LogP contribution in [-0.4, -0.2) is 30.9 Å². The van der Waals surface area contributed by atoms with Gasteiger partial charge in [-0.05, 0) is 18.7 Å². The van der Waals surface area contributed by atoms with Crippen molar-refractivity contribution in [1.29, 1.82) is 0 Å². The molecule has 0 unspecified atom stereocenters. The van der Waals surface area contributed by atoms with Gasteiger partial charge in [-0.3, -0.25) is 4.79 Å². The third kappa shape index (κ3) is 4.48. The summed E-state index contributed by atoms with van der Waals surface area (Å²) in [6.07, 6.45) is 4.67. The highest BCUT2D eigenvalue weighted by atomic mass is 16.4. The zero-order valence-electron chi connectivity index (χ0n) is 9.55. The van der Waals surface area contributed by atoms with Crippen molar-refractivity contribution in [2.75, 3.05) is 18.9 Å². The van der Waals surface area contributed by atoms with E-state index >= 15 is 0 Å². The third-order valence-corrected chi connectivity index (χ3v) is 2.01. The summed E-state index contributed by atoms with van der Waals surface area (Å²) in [6.45, 7) is 0.750. The number of nitrogens with zero attached hydrogens (tertiary/aromatic N) is 1. The molecule has 0 bridgehead atoms. The van der Waals surface area contributed by atoms with Crippen LogP contribution in [0.5, 0.6) is 0 Å². The van der Waals surface area contributed by atoms with E-state index in [0.717, 1.165) is 18.3 Å². The van der Waals surface area contributed by atoms with Crippen LogP contribution in [0.25, 0.3) is 6.08 Å². The van der Waals surface area contributed by atoms with Gasteiger partial charge >= 0.3 is 0 Å². The van der Waals surface area contributed by atoms with E-state index in [1.165, 1.54) is 0 Å². The summed E-state index contributed by atoms with van der Waals surface area (Å²) in [5, 5.41) is 16.5. The molecule has 17 heavy (non-hydrogen) atoms. The number of hydrogen-bond acceptors (Lipinski definition) is 4. The normalized spacial score (nSPS) is 11.1. The molecule has 0 heterocycles. The molecule has 1 rings (SSSR count). The Labute approximate surface area is 99.8 Å². The van der Waals surface area contributed by atoms with Crippen LogP contribution in [0.4, 0.5) is 5.69 Å². The molecule has 0 spiro atoms. The minimum atomic E-state index is -0.470.